The minimum absolute atomic E-state index is 0.707. The van der Waals surface area contributed by atoms with Crippen molar-refractivity contribution in [3.05, 3.63) is 58.6 Å². The number of benzene rings is 2. The van der Waals surface area contributed by atoms with Crippen LogP contribution in [0.15, 0.2) is 42.5 Å². The minimum Gasteiger partial charge on any atom is -0.310 e. The van der Waals surface area contributed by atoms with Gasteiger partial charge in [0.15, 0.2) is 0 Å². The number of halogens is 1. The van der Waals surface area contributed by atoms with E-state index in [4.69, 9.17) is 11.6 Å². The summed E-state index contributed by atoms with van der Waals surface area (Å²) in [6, 6.07) is 15.9. The maximum Gasteiger partial charge on any atom is 0.0451 e. The Morgan fingerprint density at radius 3 is 2.43 bits per heavy atom. The Labute approximate surface area is 132 Å². The molecule has 3 rings (SSSR count). The van der Waals surface area contributed by atoms with E-state index in [-0.39, 0.29) is 0 Å². The van der Waals surface area contributed by atoms with Crippen molar-refractivity contribution in [3.8, 4) is 11.1 Å². The van der Waals surface area contributed by atoms with Gasteiger partial charge in [-0.3, -0.25) is 0 Å². The molecule has 1 saturated carbocycles. The first-order valence-corrected chi connectivity index (χ1v) is 8.25. The summed E-state index contributed by atoms with van der Waals surface area (Å²) in [5.41, 5.74) is 5.11. The van der Waals surface area contributed by atoms with Crippen molar-refractivity contribution >= 4 is 11.6 Å². The lowest BCUT2D eigenvalue weighted by atomic mass is 10.0. The second-order valence-corrected chi connectivity index (χ2v) is 6.32. The highest BCUT2D eigenvalue weighted by Crippen LogP contribution is 2.27. The monoisotopic (exact) mass is 299 g/mol. The highest BCUT2D eigenvalue weighted by Gasteiger charge is 2.20. The second-order valence-electron chi connectivity index (χ2n) is 5.91. The van der Waals surface area contributed by atoms with E-state index in [1.54, 1.807) is 0 Å². The van der Waals surface area contributed by atoms with Crippen LogP contribution >= 0.6 is 11.6 Å². The molecular weight excluding hydrogens is 278 g/mol. The molecule has 1 aliphatic rings. The molecule has 0 spiro atoms. The van der Waals surface area contributed by atoms with Gasteiger partial charge in [-0.15, -0.1) is 0 Å². The van der Waals surface area contributed by atoms with Gasteiger partial charge >= 0.3 is 0 Å². The highest BCUT2D eigenvalue weighted by molar-refractivity contribution is 6.31. The molecule has 21 heavy (non-hydrogen) atoms. The molecule has 2 aromatic rings. The van der Waals surface area contributed by atoms with Gasteiger partial charge in [-0.2, -0.15) is 0 Å². The van der Waals surface area contributed by atoms with Crippen molar-refractivity contribution in [1.82, 2.24) is 5.32 Å². The minimum atomic E-state index is 0.707. The summed E-state index contributed by atoms with van der Waals surface area (Å²) in [6.45, 7) is 3.08. The molecule has 0 radical (unpaired) electrons. The van der Waals surface area contributed by atoms with Gasteiger partial charge in [-0.1, -0.05) is 55.3 Å². The van der Waals surface area contributed by atoms with Gasteiger partial charge in [0.25, 0.3) is 0 Å². The van der Waals surface area contributed by atoms with Crippen LogP contribution in [0.5, 0.6) is 0 Å². The lowest BCUT2D eigenvalue weighted by Gasteiger charge is -2.09. The van der Waals surface area contributed by atoms with Crippen molar-refractivity contribution in [1.29, 1.82) is 0 Å². The zero-order valence-corrected chi connectivity index (χ0v) is 13.3. The van der Waals surface area contributed by atoms with Gasteiger partial charge in [0.2, 0.25) is 0 Å². The predicted molar refractivity (Wildman–Crippen MR) is 90.7 cm³/mol. The zero-order chi connectivity index (χ0) is 14.7. The van der Waals surface area contributed by atoms with E-state index in [1.165, 1.54) is 41.5 Å². The Morgan fingerprint density at radius 2 is 1.76 bits per heavy atom. The Balaban J connectivity index is 1.78. The van der Waals surface area contributed by atoms with E-state index in [2.05, 4.69) is 48.6 Å². The quantitative estimate of drug-likeness (QED) is 0.772. The molecule has 2 heteroatoms. The molecule has 0 aromatic heterocycles. The summed E-state index contributed by atoms with van der Waals surface area (Å²) >= 11 is 6.31. The fourth-order valence-corrected chi connectivity index (χ4v) is 2.77. The standard InChI is InChI=1S/C19H22ClN/c1-2-3-14-4-6-15(7-5-14)16-8-11-19(20)17(12-16)13-21-18-9-10-18/h4-8,11-12,18,21H,2-3,9-10,13H2,1H3. The van der Waals surface area contributed by atoms with Crippen LogP contribution in [0.4, 0.5) is 0 Å². The summed E-state index contributed by atoms with van der Waals surface area (Å²) < 4.78 is 0. The van der Waals surface area contributed by atoms with Gasteiger partial charge in [0, 0.05) is 17.6 Å². The molecule has 0 atom stereocenters. The summed E-state index contributed by atoms with van der Waals surface area (Å²) in [7, 11) is 0. The largest absolute Gasteiger partial charge is 0.310 e. The molecular formula is C19H22ClN. The first-order valence-electron chi connectivity index (χ1n) is 7.87. The highest BCUT2D eigenvalue weighted by atomic mass is 35.5. The van der Waals surface area contributed by atoms with Gasteiger partial charge in [-0.25, -0.2) is 0 Å². The van der Waals surface area contributed by atoms with Crippen molar-refractivity contribution in [2.75, 3.05) is 0 Å². The van der Waals surface area contributed by atoms with E-state index in [0.29, 0.717) is 6.04 Å². The van der Waals surface area contributed by atoms with Crippen LogP contribution in [0.25, 0.3) is 11.1 Å². The number of rotatable bonds is 6. The summed E-state index contributed by atoms with van der Waals surface area (Å²) in [4.78, 5) is 0. The first-order chi connectivity index (χ1) is 10.3. The van der Waals surface area contributed by atoms with Gasteiger partial charge in [-0.05, 0) is 53.6 Å². The summed E-state index contributed by atoms with van der Waals surface area (Å²) in [5.74, 6) is 0. The normalized spacial score (nSPS) is 14.4. The third-order valence-electron chi connectivity index (χ3n) is 4.03. The van der Waals surface area contributed by atoms with Crippen molar-refractivity contribution in [2.24, 2.45) is 0 Å². The van der Waals surface area contributed by atoms with Crippen LogP contribution in [0.3, 0.4) is 0 Å². The molecule has 0 aliphatic heterocycles. The molecule has 0 unspecified atom stereocenters. The Morgan fingerprint density at radius 1 is 1.05 bits per heavy atom. The van der Waals surface area contributed by atoms with Crippen molar-refractivity contribution in [3.63, 3.8) is 0 Å². The fourth-order valence-electron chi connectivity index (χ4n) is 2.58. The second kappa shape index (κ2) is 6.64. The number of aryl methyl sites for hydroxylation is 1. The molecule has 1 nitrogen and oxygen atoms in total. The van der Waals surface area contributed by atoms with Crippen LogP contribution in [0, 0.1) is 0 Å². The zero-order valence-electron chi connectivity index (χ0n) is 12.5. The van der Waals surface area contributed by atoms with Crippen LogP contribution in [-0.2, 0) is 13.0 Å². The maximum absolute atomic E-state index is 6.31. The number of hydrogen-bond donors (Lipinski definition) is 1. The van der Waals surface area contributed by atoms with E-state index < -0.39 is 0 Å². The third-order valence-corrected chi connectivity index (χ3v) is 4.40. The van der Waals surface area contributed by atoms with E-state index in [0.717, 1.165) is 18.0 Å². The van der Waals surface area contributed by atoms with Crippen LogP contribution < -0.4 is 5.32 Å². The lowest BCUT2D eigenvalue weighted by molar-refractivity contribution is 0.688. The number of nitrogens with one attached hydrogen (secondary N) is 1. The first kappa shape index (κ1) is 14.6. The van der Waals surface area contributed by atoms with Gasteiger partial charge in [0.1, 0.15) is 0 Å². The molecule has 0 amide bonds. The van der Waals surface area contributed by atoms with Crippen molar-refractivity contribution < 1.29 is 0 Å². The lowest BCUT2D eigenvalue weighted by Crippen LogP contribution is -2.15. The van der Waals surface area contributed by atoms with Crippen LogP contribution in [0.1, 0.15) is 37.3 Å². The molecule has 0 saturated heterocycles. The van der Waals surface area contributed by atoms with E-state index >= 15 is 0 Å². The van der Waals surface area contributed by atoms with Gasteiger partial charge < -0.3 is 5.32 Å². The molecule has 1 N–H and O–H groups in total. The Hall–Kier alpha value is -1.31. The van der Waals surface area contributed by atoms with E-state index in [9.17, 15) is 0 Å². The third kappa shape index (κ3) is 3.87. The molecule has 110 valence electrons. The topological polar surface area (TPSA) is 12.0 Å². The predicted octanol–water partition coefficient (Wildman–Crippen LogP) is 5.21. The Bertz CT molecular complexity index is 599. The smallest absolute Gasteiger partial charge is 0.0451 e. The molecule has 1 fully saturated rings. The average Bonchev–Trinajstić information content (AvgIpc) is 3.32. The van der Waals surface area contributed by atoms with Crippen molar-refractivity contribution in [2.45, 2.75) is 45.2 Å². The molecule has 1 aliphatic carbocycles. The maximum atomic E-state index is 6.31. The SMILES string of the molecule is CCCc1ccc(-c2ccc(Cl)c(CNC3CC3)c2)cc1. The summed E-state index contributed by atoms with van der Waals surface area (Å²) in [6.07, 6.45) is 4.95. The van der Waals surface area contributed by atoms with Crippen LogP contribution in [-0.4, -0.2) is 6.04 Å². The van der Waals surface area contributed by atoms with E-state index in [1.807, 2.05) is 6.07 Å². The number of hydrogen-bond acceptors (Lipinski definition) is 1. The average molecular weight is 300 g/mol. The van der Waals surface area contributed by atoms with Gasteiger partial charge in [0.05, 0.1) is 0 Å². The Kier molecular flexibility index (Phi) is 4.62. The van der Waals surface area contributed by atoms with Crippen LogP contribution in [0.2, 0.25) is 5.02 Å². The molecule has 2 aromatic carbocycles. The molecule has 0 bridgehead atoms. The molecule has 0 heterocycles. The fraction of sp³-hybridized carbons (Fsp3) is 0.368. The summed E-state index contributed by atoms with van der Waals surface area (Å²) in [5, 5.41) is 4.39.